The van der Waals surface area contributed by atoms with Crippen LogP contribution in [0.5, 0.6) is 0 Å². The number of carbonyl (C=O) groups excluding carboxylic acids is 4. The highest BCUT2D eigenvalue weighted by Gasteiger charge is 2.32. The third kappa shape index (κ3) is 6.13. The van der Waals surface area contributed by atoms with E-state index in [9.17, 15) is 38.4 Å². The number of esters is 4. The van der Waals surface area contributed by atoms with Crippen molar-refractivity contribution in [3.63, 3.8) is 0 Å². The zero-order valence-corrected chi connectivity index (χ0v) is 28.1. The molecule has 54 heavy (non-hydrogen) atoms. The van der Waals surface area contributed by atoms with E-state index in [1.54, 1.807) is 12.1 Å². The Morgan fingerprint density at radius 2 is 0.685 bits per heavy atom. The highest BCUT2D eigenvalue weighted by atomic mass is 16.6. The molecule has 9 rings (SSSR count). The first-order valence-corrected chi connectivity index (χ1v) is 16.0. The highest BCUT2D eigenvalue weighted by molar-refractivity contribution is 6.16. The second kappa shape index (κ2) is 13.1. The fraction of sp³-hybridized carbons (Fsp3) is 0.0500. The van der Waals surface area contributed by atoms with Gasteiger partial charge in [0.2, 0.25) is 0 Å². The number of ether oxygens (including phenoxy) is 2. The molecule has 0 spiro atoms. The van der Waals surface area contributed by atoms with E-state index in [4.69, 9.17) is 11.5 Å². The van der Waals surface area contributed by atoms with E-state index in [1.807, 2.05) is 24.3 Å². The Labute approximate surface area is 301 Å². The predicted octanol–water partition coefficient (Wildman–Crippen LogP) is 4.61. The summed E-state index contributed by atoms with van der Waals surface area (Å²) in [5.41, 5.74) is 16.6. The molecule has 2 aromatic heterocycles. The summed E-state index contributed by atoms with van der Waals surface area (Å²) >= 11 is 0. The van der Waals surface area contributed by atoms with Crippen LogP contribution in [-0.2, 0) is 9.47 Å². The van der Waals surface area contributed by atoms with Crippen molar-refractivity contribution in [3.05, 3.63) is 160 Å². The van der Waals surface area contributed by atoms with Crippen molar-refractivity contribution in [2.24, 2.45) is 0 Å². The van der Waals surface area contributed by atoms with Crippen molar-refractivity contribution in [2.75, 3.05) is 11.5 Å². The number of hydrogen-bond acceptors (Lipinski definition) is 14. The van der Waals surface area contributed by atoms with Gasteiger partial charge < -0.3 is 29.8 Å². The van der Waals surface area contributed by atoms with Crippen molar-refractivity contribution in [1.82, 2.24) is 0 Å². The quantitative estimate of drug-likeness (QED) is 0.141. The van der Waals surface area contributed by atoms with Gasteiger partial charge in [0, 0.05) is 11.4 Å². The molecule has 0 fully saturated rings. The van der Waals surface area contributed by atoms with Gasteiger partial charge in [0.15, 0.2) is 0 Å². The summed E-state index contributed by atoms with van der Waals surface area (Å²) in [6, 6.07) is 23.6. The molecule has 0 radical (unpaired) electrons. The first kappa shape index (κ1) is 34.7. The van der Waals surface area contributed by atoms with Crippen molar-refractivity contribution in [1.29, 1.82) is 0 Å². The average Bonchev–Trinajstić information content (AvgIpc) is 3.79. The van der Waals surface area contributed by atoms with Gasteiger partial charge in [-0.3, -0.25) is 0 Å². The molecule has 0 amide bonds. The van der Waals surface area contributed by atoms with E-state index in [-0.39, 0.29) is 43.8 Å². The maximum atomic E-state index is 11.6. The fourth-order valence-corrected chi connectivity index (χ4v) is 6.17. The standard InChI is InChI=1S/C16H6O6.C14H16N2.C10H2O6/c17-13-9-3-1-7(5-11(9)15(19)21-13)8-2-4-10-12(6-8)16(20)22-14(10)18;1-9-7-11(15)3-5-13(9)14-6-4-12(16)8-10(14)2;11-7-3-1-4-6(10(14)16-8(4)12)2-5(3)9(13)15-7/h1-6H;3-8H,15-16H2,1-2H3;1-2H. The van der Waals surface area contributed by atoms with Gasteiger partial charge in [-0.05, 0) is 108 Å². The number of nitrogens with two attached hydrogens (primary N) is 2. The second-order valence-electron chi connectivity index (χ2n) is 12.3. The summed E-state index contributed by atoms with van der Waals surface area (Å²) in [6.45, 7) is 4.14. The van der Waals surface area contributed by atoms with Crippen LogP contribution in [0, 0.1) is 13.8 Å². The number of hydrogen-bond donors (Lipinski definition) is 2. The monoisotopic (exact) mass is 724 g/mol. The third-order valence-electron chi connectivity index (χ3n) is 8.82. The normalized spacial score (nSPS) is 12.8. The molecular formula is C40H24N2O12. The average molecular weight is 725 g/mol. The lowest BCUT2D eigenvalue weighted by atomic mass is 9.96. The van der Waals surface area contributed by atoms with Gasteiger partial charge in [0.25, 0.3) is 0 Å². The van der Waals surface area contributed by atoms with Gasteiger partial charge in [-0.25, -0.2) is 38.4 Å². The molecule has 0 atom stereocenters. The van der Waals surface area contributed by atoms with Crippen LogP contribution in [0.2, 0.25) is 0 Å². The van der Waals surface area contributed by atoms with Crippen molar-refractivity contribution >= 4 is 56.8 Å². The molecule has 0 unspecified atom stereocenters. The Hall–Kier alpha value is -7.74. The third-order valence-corrected chi connectivity index (χ3v) is 8.82. The highest BCUT2D eigenvalue weighted by Crippen LogP contribution is 2.31. The molecule has 14 heteroatoms. The smallest absolute Gasteiger partial charge is 0.346 e. The first-order chi connectivity index (χ1) is 25.7. The van der Waals surface area contributed by atoms with Crippen LogP contribution in [0.4, 0.5) is 11.4 Å². The number of aryl methyl sites for hydroxylation is 2. The van der Waals surface area contributed by atoms with Gasteiger partial charge in [-0.15, -0.1) is 0 Å². The molecular weight excluding hydrogens is 700 g/mol. The maximum Gasteiger partial charge on any atom is 0.346 e. The van der Waals surface area contributed by atoms with Gasteiger partial charge in [-0.1, -0.05) is 24.3 Å². The molecule has 5 aromatic carbocycles. The SMILES string of the molecule is Cc1cc(N)ccc1-c1ccc(N)cc1C.O=C1OC(=O)c2cc(-c3ccc4c(c3)C(=O)OC4=O)ccc21.O=c1oc(=O)c2cc3c(=O)oc(=O)c3cc12. The van der Waals surface area contributed by atoms with E-state index in [0.29, 0.717) is 11.1 Å². The number of cyclic esters (lactones) is 4. The van der Waals surface area contributed by atoms with Crippen molar-refractivity contribution in [3.8, 4) is 22.3 Å². The zero-order chi connectivity index (χ0) is 38.6. The lowest BCUT2D eigenvalue weighted by Crippen LogP contribution is -1.97. The summed E-state index contributed by atoms with van der Waals surface area (Å²) in [5, 5.41) is -0.0726. The molecule has 7 aromatic rings. The van der Waals surface area contributed by atoms with Crippen LogP contribution in [0.3, 0.4) is 0 Å². The number of benzene rings is 5. The van der Waals surface area contributed by atoms with E-state index in [0.717, 1.165) is 23.5 Å². The number of rotatable bonds is 2. The van der Waals surface area contributed by atoms with E-state index in [2.05, 4.69) is 44.3 Å². The number of nitrogen functional groups attached to an aromatic ring is 2. The summed E-state index contributed by atoms with van der Waals surface area (Å²) in [7, 11) is 0. The Kier molecular flexibility index (Phi) is 8.42. The van der Waals surface area contributed by atoms with Crippen LogP contribution in [0.1, 0.15) is 52.6 Å². The van der Waals surface area contributed by atoms with Crippen LogP contribution < -0.4 is 34.0 Å². The van der Waals surface area contributed by atoms with E-state index < -0.39 is 46.4 Å². The number of anilines is 2. The minimum absolute atomic E-state index is 0.0181. The van der Waals surface area contributed by atoms with Crippen LogP contribution in [0.15, 0.2) is 113 Å². The van der Waals surface area contributed by atoms with Gasteiger partial charge >= 0.3 is 46.4 Å². The summed E-state index contributed by atoms with van der Waals surface area (Å²) in [5.74, 6) is -2.74. The molecule has 2 aliphatic heterocycles. The molecule has 266 valence electrons. The minimum Gasteiger partial charge on any atom is -0.399 e. The van der Waals surface area contributed by atoms with Gasteiger partial charge in [0.1, 0.15) is 0 Å². The summed E-state index contributed by atoms with van der Waals surface area (Å²) in [6.07, 6.45) is 0. The molecule has 0 bridgehead atoms. The zero-order valence-electron chi connectivity index (χ0n) is 28.1. The lowest BCUT2D eigenvalue weighted by Gasteiger charge is -2.10. The molecule has 2 aliphatic rings. The van der Waals surface area contributed by atoms with Crippen LogP contribution in [-0.4, -0.2) is 23.9 Å². The molecule has 4 heterocycles. The topological polar surface area (TPSA) is 233 Å². The summed E-state index contributed by atoms with van der Waals surface area (Å²) in [4.78, 5) is 90.7. The number of furan rings is 2. The molecule has 4 N–H and O–H groups in total. The molecule has 0 saturated carbocycles. The van der Waals surface area contributed by atoms with E-state index in [1.165, 1.54) is 46.5 Å². The Morgan fingerprint density at radius 3 is 1.02 bits per heavy atom. The Balaban J connectivity index is 0.000000128. The Morgan fingerprint density at radius 1 is 0.370 bits per heavy atom. The van der Waals surface area contributed by atoms with Crippen LogP contribution >= 0.6 is 0 Å². The minimum atomic E-state index is -0.824. The number of carbonyl (C=O) groups is 4. The maximum absolute atomic E-state index is 11.6. The van der Waals surface area contributed by atoms with Crippen LogP contribution in [0.25, 0.3) is 43.8 Å². The number of fused-ring (bicyclic) bond motifs is 4. The summed E-state index contributed by atoms with van der Waals surface area (Å²) < 4.78 is 17.7. The molecule has 0 saturated heterocycles. The van der Waals surface area contributed by atoms with Gasteiger partial charge in [0.05, 0.1) is 43.8 Å². The Bertz CT molecular complexity index is 2730. The van der Waals surface area contributed by atoms with Gasteiger partial charge in [-0.2, -0.15) is 0 Å². The fourth-order valence-electron chi connectivity index (χ4n) is 6.17. The predicted molar refractivity (Wildman–Crippen MR) is 195 cm³/mol. The molecule has 0 aliphatic carbocycles. The second-order valence-corrected chi connectivity index (χ2v) is 12.3. The van der Waals surface area contributed by atoms with E-state index >= 15 is 0 Å². The first-order valence-electron chi connectivity index (χ1n) is 16.0. The van der Waals surface area contributed by atoms with Crippen molar-refractivity contribution in [2.45, 2.75) is 13.8 Å². The lowest BCUT2D eigenvalue weighted by molar-refractivity contribution is 0.0425. The van der Waals surface area contributed by atoms with Crippen molar-refractivity contribution < 1.29 is 37.5 Å². The largest absolute Gasteiger partial charge is 0.399 e. The molecule has 14 nitrogen and oxygen atoms in total.